The van der Waals surface area contributed by atoms with Crippen LogP contribution in [0.2, 0.25) is 0 Å². The second-order valence-electron chi connectivity index (χ2n) is 5.05. The summed E-state index contributed by atoms with van der Waals surface area (Å²) in [5.74, 6) is 1.77. The predicted molar refractivity (Wildman–Crippen MR) is 77.2 cm³/mol. The molecular weight excluding hydrogens is 236 g/mol. The van der Waals surface area contributed by atoms with Gasteiger partial charge < -0.3 is 10.6 Å². The van der Waals surface area contributed by atoms with Crippen molar-refractivity contribution in [2.45, 2.75) is 32.4 Å². The summed E-state index contributed by atoms with van der Waals surface area (Å²) >= 11 is 0. The van der Waals surface area contributed by atoms with E-state index in [9.17, 15) is 0 Å². The fourth-order valence-electron chi connectivity index (χ4n) is 1.87. The normalized spacial score (nSPS) is 14.2. The molecule has 98 valence electrons. The van der Waals surface area contributed by atoms with Crippen LogP contribution in [0, 0.1) is 6.92 Å². The lowest BCUT2D eigenvalue weighted by Gasteiger charge is -2.08. The molecule has 3 rings (SSSR count). The van der Waals surface area contributed by atoms with E-state index in [0.29, 0.717) is 6.04 Å². The highest BCUT2D eigenvalue weighted by molar-refractivity contribution is 5.47. The second-order valence-corrected chi connectivity index (χ2v) is 5.05. The van der Waals surface area contributed by atoms with Crippen LogP contribution in [0.3, 0.4) is 0 Å². The number of hydrogen-bond acceptors (Lipinski definition) is 4. The smallest absolute Gasteiger partial charge is 0.131 e. The van der Waals surface area contributed by atoms with Crippen molar-refractivity contribution in [3.05, 3.63) is 47.8 Å². The molecule has 4 heteroatoms. The Labute approximate surface area is 113 Å². The molecule has 0 aliphatic heterocycles. The molecule has 0 atom stereocenters. The number of benzene rings is 1. The molecule has 1 aromatic carbocycles. The van der Waals surface area contributed by atoms with E-state index in [0.717, 1.165) is 18.2 Å². The maximum Gasteiger partial charge on any atom is 0.131 e. The second kappa shape index (κ2) is 5.26. The summed E-state index contributed by atoms with van der Waals surface area (Å²) in [6.07, 6.45) is 4.09. The number of aromatic nitrogens is 2. The molecule has 0 bridgehead atoms. The highest BCUT2D eigenvalue weighted by Crippen LogP contribution is 2.24. The largest absolute Gasteiger partial charge is 0.367 e. The van der Waals surface area contributed by atoms with Crippen LogP contribution < -0.4 is 10.6 Å². The monoisotopic (exact) mass is 254 g/mol. The first-order valence-electron chi connectivity index (χ1n) is 6.67. The van der Waals surface area contributed by atoms with Gasteiger partial charge in [0.2, 0.25) is 0 Å². The lowest BCUT2D eigenvalue weighted by Crippen LogP contribution is -2.06. The van der Waals surface area contributed by atoms with Crippen molar-refractivity contribution in [1.29, 1.82) is 0 Å². The van der Waals surface area contributed by atoms with Crippen LogP contribution in [0.4, 0.5) is 11.6 Å². The topological polar surface area (TPSA) is 49.8 Å². The zero-order valence-corrected chi connectivity index (χ0v) is 11.1. The molecule has 4 nitrogen and oxygen atoms in total. The Kier molecular flexibility index (Phi) is 3.31. The molecule has 1 aromatic heterocycles. The third-order valence-electron chi connectivity index (χ3n) is 3.19. The van der Waals surface area contributed by atoms with E-state index in [-0.39, 0.29) is 0 Å². The molecule has 1 heterocycles. The van der Waals surface area contributed by atoms with Gasteiger partial charge in [-0.3, -0.25) is 0 Å². The van der Waals surface area contributed by atoms with Crippen LogP contribution in [0.15, 0.2) is 36.7 Å². The fourth-order valence-corrected chi connectivity index (χ4v) is 1.87. The van der Waals surface area contributed by atoms with E-state index >= 15 is 0 Å². The molecule has 2 N–H and O–H groups in total. The summed E-state index contributed by atoms with van der Waals surface area (Å²) < 4.78 is 0. The number of hydrogen-bond donors (Lipinski definition) is 2. The van der Waals surface area contributed by atoms with Gasteiger partial charge in [-0.2, -0.15) is 0 Å². The predicted octanol–water partition coefficient (Wildman–Crippen LogP) is 2.97. The molecule has 1 aliphatic carbocycles. The van der Waals surface area contributed by atoms with Crippen molar-refractivity contribution < 1.29 is 0 Å². The molecule has 19 heavy (non-hydrogen) atoms. The lowest BCUT2D eigenvalue weighted by atomic mass is 10.1. The first-order chi connectivity index (χ1) is 9.29. The number of rotatable bonds is 5. The molecule has 1 aliphatic rings. The summed E-state index contributed by atoms with van der Waals surface area (Å²) in [4.78, 5) is 8.46. The van der Waals surface area contributed by atoms with Gasteiger partial charge in [-0.15, -0.1) is 0 Å². The van der Waals surface area contributed by atoms with Gasteiger partial charge in [0.1, 0.15) is 18.0 Å². The summed E-state index contributed by atoms with van der Waals surface area (Å²) in [5.41, 5.74) is 2.53. The number of nitrogens with one attached hydrogen (secondary N) is 2. The third kappa shape index (κ3) is 3.44. The number of nitrogens with zero attached hydrogens (tertiary/aromatic N) is 2. The minimum atomic E-state index is 0.611. The molecular formula is C15H18N4. The Hall–Kier alpha value is -2.10. The molecule has 0 amide bonds. The van der Waals surface area contributed by atoms with E-state index < -0.39 is 0 Å². The minimum absolute atomic E-state index is 0.611. The first-order valence-corrected chi connectivity index (χ1v) is 6.67. The van der Waals surface area contributed by atoms with E-state index in [2.05, 4.69) is 51.8 Å². The molecule has 0 radical (unpaired) electrons. The van der Waals surface area contributed by atoms with Gasteiger partial charge in [0.05, 0.1) is 0 Å². The van der Waals surface area contributed by atoms with Crippen molar-refractivity contribution in [2.75, 3.05) is 10.6 Å². The summed E-state index contributed by atoms with van der Waals surface area (Å²) in [7, 11) is 0. The highest BCUT2D eigenvalue weighted by atomic mass is 15.1. The zero-order valence-electron chi connectivity index (χ0n) is 11.1. The maximum atomic E-state index is 4.24. The van der Waals surface area contributed by atoms with Crippen LogP contribution in [0.1, 0.15) is 24.0 Å². The molecule has 0 saturated heterocycles. The molecule has 1 saturated carbocycles. The molecule has 0 unspecified atom stereocenters. The Bertz CT molecular complexity index is 546. The average molecular weight is 254 g/mol. The van der Waals surface area contributed by atoms with Gasteiger partial charge in [0.25, 0.3) is 0 Å². The van der Waals surface area contributed by atoms with Crippen molar-refractivity contribution in [3.63, 3.8) is 0 Å². The highest BCUT2D eigenvalue weighted by Gasteiger charge is 2.21. The van der Waals surface area contributed by atoms with Crippen LogP contribution in [0.5, 0.6) is 0 Å². The molecule has 2 aromatic rings. The molecule has 0 spiro atoms. The van der Waals surface area contributed by atoms with Gasteiger partial charge in [-0.1, -0.05) is 29.8 Å². The van der Waals surface area contributed by atoms with Crippen LogP contribution in [-0.4, -0.2) is 16.0 Å². The van der Waals surface area contributed by atoms with Crippen LogP contribution in [0.25, 0.3) is 0 Å². The zero-order chi connectivity index (χ0) is 13.1. The van der Waals surface area contributed by atoms with Gasteiger partial charge in [-0.25, -0.2) is 9.97 Å². The van der Waals surface area contributed by atoms with Gasteiger partial charge in [-0.05, 0) is 25.3 Å². The van der Waals surface area contributed by atoms with Crippen molar-refractivity contribution in [2.24, 2.45) is 0 Å². The van der Waals surface area contributed by atoms with Crippen molar-refractivity contribution in [1.82, 2.24) is 9.97 Å². The molecule has 1 fully saturated rings. The minimum Gasteiger partial charge on any atom is -0.367 e. The number of anilines is 2. The maximum absolute atomic E-state index is 4.24. The Balaban J connectivity index is 1.60. The van der Waals surface area contributed by atoms with Gasteiger partial charge >= 0.3 is 0 Å². The summed E-state index contributed by atoms with van der Waals surface area (Å²) in [6.45, 7) is 2.87. The quantitative estimate of drug-likeness (QED) is 0.861. The van der Waals surface area contributed by atoms with E-state index in [1.807, 2.05) is 6.07 Å². The van der Waals surface area contributed by atoms with E-state index in [4.69, 9.17) is 0 Å². The summed E-state index contributed by atoms with van der Waals surface area (Å²) in [5, 5.41) is 6.69. The Morgan fingerprint density at radius 3 is 2.58 bits per heavy atom. The summed E-state index contributed by atoms with van der Waals surface area (Å²) in [6, 6.07) is 11.1. The lowest BCUT2D eigenvalue weighted by molar-refractivity contribution is 1.05. The standard InChI is InChI=1S/C15H18N4/c1-11-2-4-12(5-3-11)9-16-14-8-15(18-10-17-14)19-13-6-7-13/h2-5,8,10,13H,6-7,9H2,1H3,(H2,16,17,18,19). The van der Waals surface area contributed by atoms with Crippen LogP contribution >= 0.6 is 0 Å². The van der Waals surface area contributed by atoms with Crippen LogP contribution in [-0.2, 0) is 6.54 Å². The SMILES string of the molecule is Cc1ccc(CNc2cc(NC3CC3)ncn2)cc1. The van der Waals surface area contributed by atoms with Crippen molar-refractivity contribution >= 4 is 11.6 Å². The van der Waals surface area contributed by atoms with Gasteiger partial charge in [0.15, 0.2) is 0 Å². The Morgan fingerprint density at radius 2 is 1.84 bits per heavy atom. The van der Waals surface area contributed by atoms with Crippen molar-refractivity contribution in [3.8, 4) is 0 Å². The first kappa shape index (κ1) is 12.0. The average Bonchev–Trinajstić information content (AvgIpc) is 3.23. The Morgan fingerprint density at radius 1 is 1.11 bits per heavy atom. The fraction of sp³-hybridized carbons (Fsp3) is 0.333. The number of aryl methyl sites for hydroxylation is 1. The van der Waals surface area contributed by atoms with E-state index in [1.165, 1.54) is 24.0 Å². The van der Waals surface area contributed by atoms with E-state index in [1.54, 1.807) is 6.33 Å². The van der Waals surface area contributed by atoms with Gasteiger partial charge in [0, 0.05) is 18.7 Å². The third-order valence-corrected chi connectivity index (χ3v) is 3.19.